The highest BCUT2D eigenvalue weighted by molar-refractivity contribution is 7.92. The molecule has 1 N–H and O–H groups in total. The molecular weight excluding hydrogens is 331 g/mol. The molecule has 0 spiro atoms. The van der Waals surface area contributed by atoms with E-state index in [9.17, 15) is 8.42 Å². The number of nitrogens with zero attached hydrogens (tertiary/aromatic N) is 1. The molecule has 0 amide bonds. The molecule has 0 bridgehead atoms. The van der Waals surface area contributed by atoms with Gasteiger partial charge in [-0.15, -0.1) is 0 Å². The highest BCUT2D eigenvalue weighted by atomic mass is 35.5. The Morgan fingerprint density at radius 3 is 2.11 bits per heavy atom. The molecular formula is C11H8Cl3N2O2S+. The van der Waals surface area contributed by atoms with Crippen LogP contribution in [0.5, 0.6) is 0 Å². The van der Waals surface area contributed by atoms with Crippen LogP contribution in [-0.4, -0.2) is 8.42 Å². The molecule has 19 heavy (non-hydrogen) atoms. The maximum Gasteiger partial charge on any atom is 0.308 e. The fraction of sp³-hybridized carbons (Fsp3) is 0. The van der Waals surface area contributed by atoms with Crippen molar-refractivity contribution in [3.63, 3.8) is 0 Å². The van der Waals surface area contributed by atoms with Crippen LogP contribution in [-0.2, 0) is 10.0 Å². The molecule has 4 nitrogen and oxygen atoms in total. The van der Waals surface area contributed by atoms with Crippen LogP contribution in [0.1, 0.15) is 0 Å². The first-order valence-corrected chi connectivity index (χ1v) is 7.65. The number of sulfonamides is 1. The van der Waals surface area contributed by atoms with Gasteiger partial charge in [-0.1, -0.05) is 50.4 Å². The first-order chi connectivity index (χ1) is 8.90. The second-order valence-electron chi connectivity index (χ2n) is 3.57. The largest absolute Gasteiger partial charge is 0.308 e. The van der Waals surface area contributed by atoms with E-state index >= 15 is 0 Å². The summed E-state index contributed by atoms with van der Waals surface area (Å²) in [6, 6.07) is 7.61. The molecule has 0 fully saturated rings. The Hall–Kier alpha value is -1.01. The molecule has 0 radical (unpaired) electrons. The van der Waals surface area contributed by atoms with Crippen LogP contribution in [0.2, 0.25) is 15.1 Å². The molecule has 0 aliphatic carbocycles. The molecule has 100 valence electrons. The highest BCUT2D eigenvalue weighted by Crippen LogP contribution is 2.31. The van der Waals surface area contributed by atoms with Crippen LogP contribution in [0.3, 0.4) is 0 Å². The van der Waals surface area contributed by atoms with Crippen molar-refractivity contribution in [1.82, 2.24) is 0 Å². The monoisotopic (exact) mass is 337 g/mol. The van der Waals surface area contributed by atoms with Gasteiger partial charge in [-0.25, -0.2) is 0 Å². The molecule has 0 atom stereocenters. The fourth-order valence-corrected chi connectivity index (χ4v) is 3.36. The SMILES string of the molecule is O=S(=O)(N[n+]1ccccc1)c1cc(Cl)c(Cl)cc1Cl. The summed E-state index contributed by atoms with van der Waals surface area (Å²) in [4.78, 5) is 2.19. The van der Waals surface area contributed by atoms with Gasteiger partial charge in [0.25, 0.3) is 0 Å². The van der Waals surface area contributed by atoms with Crippen molar-refractivity contribution < 1.29 is 13.1 Å². The predicted octanol–water partition coefficient (Wildman–Crippen LogP) is 2.87. The number of rotatable bonds is 3. The minimum Gasteiger partial charge on any atom is -0.197 e. The summed E-state index contributed by atoms with van der Waals surface area (Å²) in [6.45, 7) is 0. The van der Waals surface area contributed by atoms with Crippen LogP contribution in [0, 0.1) is 0 Å². The number of hydrogen-bond acceptors (Lipinski definition) is 2. The molecule has 0 saturated carbocycles. The van der Waals surface area contributed by atoms with Crippen molar-refractivity contribution in [2.75, 3.05) is 4.83 Å². The van der Waals surface area contributed by atoms with Gasteiger partial charge in [0, 0.05) is 12.1 Å². The van der Waals surface area contributed by atoms with Gasteiger partial charge in [0.2, 0.25) is 12.4 Å². The van der Waals surface area contributed by atoms with Gasteiger partial charge in [0.1, 0.15) is 4.90 Å². The second-order valence-corrected chi connectivity index (χ2v) is 6.43. The third kappa shape index (κ3) is 3.30. The quantitative estimate of drug-likeness (QED) is 0.691. The van der Waals surface area contributed by atoms with Gasteiger partial charge < -0.3 is 0 Å². The van der Waals surface area contributed by atoms with Gasteiger partial charge in [-0.3, -0.25) is 0 Å². The summed E-state index contributed by atoms with van der Waals surface area (Å²) < 4.78 is 25.6. The first-order valence-electron chi connectivity index (χ1n) is 5.04. The van der Waals surface area contributed by atoms with Crippen LogP contribution >= 0.6 is 34.8 Å². The van der Waals surface area contributed by atoms with Crippen molar-refractivity contribution in [3.05, 3.63) is 57.8 Å². The van der Waals surface area contributed by atoms with E-state index in [1.54, 1.807) is 30.6 Å². The van der Waals surface area contributed by atoms with E-state index in [1.165, 1.54) is 16.8 Å². The Morgan fingerprint density at radius 1 is 0.895 bits per heavy atom. The summed E-state index contributed by atoms with van der Waals surface area (Å²) >= 11 is 17.4. The van der Waals surface area contributed by atoms with Crippen LogP contribution < -0.4 is 9.51 Å². The van der Waals surface area contributed by atoms with Crippen molar-refractivity contribution >= 4 is 44.8 Å². The maximum atomic E-state index is 12.2. The average molecular weight is 339 g/mol. The summed E-state index contributed by atoms with van der Waals surface area (Å²) in [5.41, 5.74) is 0. The molecule has 0 unspecified atom stereocenters. The molecule has 0 saturated heterocycles. The number of nitrogens with one attached hydrogen (secondary N) is 1. The van der Waals surface area contributed by atoms with Gasteiger partial charge in [-0.05, 0) is 12.1 Å². The molecule has 1 aromatic heterocycles. The molecule has 1 heterocycles. The molecule has 2 rings (SSSR count). The van der Waals surface area contributed by atoms with Crippen LogP contribution in [0.25, 0.3) is 0 Å². The second kappa shape index (κ2) is 5.54. The first kappa shape index (κ1) is 14.4. The summed E-state index contributed by atoms with van der Waals surface area (Å²) in [5, 5.41) is 0.306. The summed E-state index contributed by atoms with van der Waals surface area (Å²) in [7, 11) is -3.85. The third-order valence-electron chi connectivity index (χ3n) is 2.21. The van der Waals surface area contributed by atoms with Gasteiger partial charge >= 0.3 is 10.0 Å². The van der Waals surface area contributed by atoms with Gasteiger partial charge in [-0.2, -0.15) is 8.42 Å². The van der Waals surface area contributed by atoms with Crippen molar-refractivity contribution in [2.45, 2.75) is 4.90 Å². The summed E-state index contributed by atoms with van der Waals surface area (Å²) in [5.74, 6) is 0. The Labute approximate surface area is 125 Å². The molecule has 2 aromatic rings. The highest BCUT2D eigenvalue weighted by Gasteiger charge is 2.23. The normalized spacial score (nSPS) is 11.3. The van der Waals surface area contributed by atoms with Crippen molar-refractivity contribution in [3.8, 4) is 0 Å². The Morgan fingerprint density at radius 2 is 1.47 bits per heavy atom. The maximum absolute atomic E-state index is 12.2. The topological polar surface area (TPSA) is 50.1 Å². The lowest BCUT2D eigenvalue weighted by Crippen LogP contribution is -2.47. The molecule has 0 aliphatic rings. The fourth-order valence-electron chi connectivity index (χ4n) is 1.36. The van der Waals surface area contributed by atoms with Crippen molar-refractivity contribution in [1.29, 1.82) is 0 Å². The number of halogens is 3. The molecule has 0 aliphatic heterocycles. The third-order valence-corrected chi connectivity index (χ3v) is 4.72. The van der Waals surface area contributed by atoms with E-state index in [-0.39, 0.29) is 20.0 Å². The van der Waals surface area contributed by atoms with Gasteiger partial charge in [0.05, 0.1) is 15.1 Å². The van der Waals surface area contributed by atoms with Crippen molar-refractivity contribution in [2.24, 2.45) is 0 Å². The van der Waals surface area contributed by atoms with E-state index in [0.29, 0.717) is 0 Å². The smallest absolute Gasteiger partial charge is 0.197 e. The van der Waals surface area contributed by atoms with E-state index in [1.807, 2.05) is 0 Å². The average Bonchev–Trinajstić information content (AvgIpc) is 2.34. The zero-order chi connectivity index (χ0) is 14.0. The molecule has 8 heteroatoms. The van der Waals surface area contributed by atoms with Gasteiger partial charge in [0.15, 0.2) is 0 Å². The Bertz CT molecular complexity index is 705. The standard InChI is InChI=1S/C11H8Cl3N2O2S/c12-8-6-10(14)11(7-9(8)13)19(17,18)15-16-4-2-1-3-5-16/h1-7,15H/q+1. The predicted molar refractivity (Wildman–Crippen MR) is 74.7 cm³/mol. The van der Waals surface area contributed by atoms with E-state index in [0.717, 1.165) is 0 Å². The number of hydrogen-bond donors (Lipinski definition) is 1. The van der Waals surface area contributed by atoms with E-state index in [2.05, 4.69) is 4.83 Å². The lowest BCUT2D eigenvalue weighted by Gasteiger charge is -2.06. The molecule has 1 aromatic carbocycles. The lowest BCUT2D eigenvalue weighted by molar-refractivity contribution is -0.636. The zero-order valence-corrected chi connectivity index (χ0v) is 12.4. The van der Waals surface area contributed by atoms with Crippen LogP contribution in [0.4, 0.5) is 0 Å². The Balaban J connectivity index is 2.43. The lowest BCUT2D eigenvalue weighted by atomic mass is 10.4. The minimum absolute atomic E-state index is 0.00145. The van der Waals surface area contributed by atoms with E-state index in [4.69, 9.17) is 34.8 Å². The summed E-state index contributed by atoms with van der Waals surface area (Å²) in [6.07, 6.45) is 3.09. The van der Waals surface area contributed by atoms with E-state index < -0.39 is 10.0 Å². The minimum atomic E-state index is -3.85. The Kier molecular flexibility index (Phi) is 4.20. The number of pyridine rings is 1. The number of aromatic nitrogens is 1. The van der Waals surface area contributed by atoms with Crippen LogP contribution in [0.15, 0.2) is 47.6 Å². The number of benzene rings is 1. The zero-order valence-electron chi connectivity index (χ0n) is 9.35.